The second kappa shape index (κ2) is 19.7. The summed E-state index contributed by atoms with van der Waals surface area (Å²) in [6.07, 6.45) is 15.9. The van der Waals surface area contributed by atoms with Crippen LogP contribution in [0.2, 0.25) is 0 Å². The monoisotopic (exact) mass is 456 g/mol. The molecule has 134 valence electrons. The van der Waals surface area contributed by atoms with Crippen LogP contribution in [-0.2, 0) is 13.0 Å². The van der Waals surface area contributed by atoms with E-state index in [9.17, 15) is 0 Å². The summed E-state index contributed by atoms with van der Waals surface area (Å²) in [6.45, 7) is 5.36. The van der Waals surface area contributed by atoms with Crippen LogP contribution in [0.25, 0.3) is 16.0 Å². The van der Waals surface area contributed by atoms with Crippen LogP contribution < -0.4 is 0 Å². The molecule has 0 amide bonds. The minimum absolute atomic E-state index is 0.858. The van der Waals surface area contributed by atoms with Crippen molar-refractivity contribution in [1.29, 1.82) is 0 Å². The van der Waals surface area contributed by atoms with E-state index in [1.807, 2.05) is 18.2 Å². The van der Waals surface area contributed by atoms with E-state index in [2.05, 4.69) is 16.0 Å². The number of halogens is 3. The van der Waals surface area contributed by atoms with Gasteiger partial charge in [0.05, 0.1) is 0 Å². The third kappa shape index (κ3) is 23.0. The standard InChI is InChI=1S/2C5H10N.C5H6N.3ClH.Rh/c3*1-2-4-6-5-3-1;;;;/h2*1-5H2;1-4H,5H2;3*1H;/q3*-1;;;;+3/p-3. The van der Waals surface area contributed by atoms with Crippen molar-refractivity contribution in [3.05, 3.63) is 40.4 Å². The zero-order valence-corrected chi connectivity index (χ0v) is 16.8. The summed E-state index contributed by atoms with van der Waals surface area (Å²) in [5.41, 5.74) is 0. The van der Waals surface area contributed by atoms with Crippen LogP contribution in [0.4, 0.5) is 0 Å². The summed E-state index contributed by atoms with van der Waals surface area (Å²) in [6, 6.07) is 0. The summed E-state index contributed by atoms with van der Waals surface area (Å²) >= 11 is -1.66. The van der Waals surface area contributed by atoms with Gasteiger partial charge in [-0.15, -0.1) is 38.8 Å². The minimum atomic E-state index is -1.66. The van der Waals surface area contributed by atoms with Crippen molar-refractivity contribution in [2.45, 2.75) is 38.5 Å². The summed E-state index contributed by atoms with van der Waals surface area (Å²) in [7, 11) is 14.8. The number of nitrogens with zero attached hydrogens (tertiary/aromatic N) is 3. The van der Waals surface area contributed by atoms with Crippen LogP contribution in [0.15, 0.2) is 24.4 Å². The Balaban J connectivity index is 0.000000271. The Morgan fingerprint density at radius 1 is 0.682 bits per heavy atom. The van der Waals surface area contributed by atoms with Crippen molar-refractivity contribution in [2.75, 3.05) is 32.7 Å². The molecule has 0 radical (unpaired) electrons. The zero-order valence-electron chi connectivity index (χ0n) is 12.9. The average molecular weight is 458 g/mol. The Hall–Kier alpha value is 0.693. The first kappa shape index (κ1) is 22.7. The number of allylic oxidation sites excluding steroid dienone is 2. The van der Waals surface area contributed by atoms with E-state index in [0.717, 1.165) is 32.7 Å². The first-order valence-electron chi connectivity index (χ1n) is 7.63. The molecule has 3 nitrogen and oxygen atoms in total. The molecule has 7 heteroatoms. The van der Waals surface area contributed by atoms with Crippen molar-refractivity contribution in [3.63, 3.8) is 0 Å². The third-order valence-electron chi connectivity index (χ3n) is 2.91. The predicted molar refractivity (Wildman–Crippen MR) is 98.0 cm³/mol. The van der Waals surface area contributed by atoms with Gasteiger partial charge in [0.25, 0.3) is 0 Å². The number of hydrogen-bond acceptors (Lipinski definition) is 0. The quantitative estimate of drug-likeness (QED) is 0.368. The van der Waals surface area contributed by atoms with E-state index < -0.39 is 13.0 Å². The van der Waals surface area contributed by atoms with Gasteiger partial charge < -0.3 is 16.0 Å². The Kier molecular flexibility index (Phi) is 20.4. The van der Waals surface area contributed by atoms with Gasteiger partial charge in [0, 0.05) is 0 Å². The first-order valence-corrected chi connectivity index (χ1v) is 14.0. The van der Waals surface area contributed by atoms with Gasteiger partial charge in [-0.25, -0.2) is 0 Å². The zero-order chi connectivity index (χ0) is 16.3. The van der Waals surface area contributed by atoms with Gasteiger partial charge in [0.2, 0.25) is 0 Å². The first-order chi connectivity index (χ1) is 10.7. The molecule has 0 spiro atoms. The Morgan fingerprint density at radius 2 is 1.14 bits per heavy atom. The van der Waals surface area contributed by atoms with Crippen molar-refractivity contribution < 1.29 is 13.0 Å². The van der Waals surface area contributed by atoms with Gasteiger partial charge >= 0.3 is 42.1 Å². The van der Waals surface area contributed by atoms with Crippen LogP contribution in [0, 0.1) is 0 Å². The summed E-state index contributed by atoms with van der Waals surface area (Å²) in [5.74, 6) is 0. The fraction of sp³-hybridized carbons (Fsp3) is 0.733. The third-order valence-corrected chi connectivity index (χ3v) is 2.91. The topological polar surface area (TPSA) is 42.3 Å². The molecule has 0 saturated carbocycles. The summed E-state index contributed by atoms with van der Waals surface area (Å²) in [4.78, 5) is 0. The van der Waals surface area contributed by atoms with Crippen LogP contribution in [0.5, 0.6) is 0 Å². The SMILES string of the molecule is C1=CC[N-]C=C1.C1CC[N-]CC1.C1CC[N-]CC1.[Cl][Rh]([Cl])[Cl]. The molecular weight excluding hydrogens is 431 g/mol. The molecule has 0 atom stereocenters. The molecule has 2 fully saturated rings. The molecule has 22 heavy (non-hydrogen) atoms. The van der Waals surface area contributed by atoms with E-state index in [-0.39, 0.29) is 0 Å². The summed E-state index contributed by atoms with van der Waals surface area (Å²) in [5, 5.41) is 12.3. The Bertz CT molecular complexity index is 219. The van der Waals surface area contributed by atoms with E-state index in [1.54, 1.807) is 6.20 Å². The summed E-state index contributed by atoms with van der Waals surface area (Å²) < 4.78 is 0. The molecule has 0 bridgehead atoms. The van der Waals surface area contributed by atoms with Gasteiger partial charge in [-0.2, -0.15) is 6.20 Å². The number of piperidine rings is 2. The van der Waals surface area contributed by atoms with E-state index in [4.69, 9.17) is 29.1 Å². The molecule has 0 unspecified atom stereocenters. The van der Waals surface area contributed by atoms with E-state index in [1.165, 1.54) is 38.5 Å². The average Bonchev–Trinajstić information content (AvgIpc) is 2.60. The number of hydrogen-bond donors (Lipinski definition) is 0. The molecule has 0 aromatic rings. The van der Waals surface area contributed by atoms with Crippen LogP contribution >= 0.6 is 29.1 Å². The molecule has 3 heterocycles. The van der Waals surface area contributed by atoms with Crippen LogP contribution in [0.1, 0.15) is 38.5 Å². The fourth-order valence-corrected chi connectivity index (χ4v) is 1.84. The van der Waals surface area contributed by atoms with Gasteiger partial charge in [-0.3, -0.25) is 0 Å². The maximum absolute atomic E-state index is 4.94. The molecule has 0 aliphatic carbocycles. The molecule has 3 rings (SSSR count). The second-order valence-corrected chi connectivity index (χ2v) is 12.2. The van der Waals surface area contributed by atoms with Gasteiger partial charge in [-0.1, -0.05) is 50.7 Å². The maximum atomic E-state index is 4.94. The van der Waals surface area contributed by atoms with Crippen molar-refractivity contribution >= 4 is 29.1 Å². The fourth-order valence-electron chi connectivity index (χ4n) is 1.84. The van der Waals surface area contributed by atoms with Crippen LogP contribution in [0.3, 0.4) is 0 Å². The van der Waals surface area contributed by atoms with Crippen LogP contribution in [-0.4, -0.2) is 32.7 Å². The molecule has 0 aromatic heterocycles. The van der Waals surface area contributed by atoms with Gasteiger partial charge in [-0.05, 0) is 0 Å². The molecule has 2 saturated heterocycles. The Labute approximate surface area is 153 Å². The second-order valence-electron chi connectivity index (χ2n) is 4.74. The van der Waals surface area contributed by atoms with Gasteiger partial charge in [0.1, 0.15) is 0 Å². The Morgan fingerprint density at radius 3 is 1.23 bits per heavy atom. The molecule has 3 aliphatic rings. The normalized spacial score (nSPS) is 19.9. The molecule has 3 aliphatic heterocycles. The number of rotatable bonds is 0. The molecule has 0 aromatic carbocycles. The van der Waals surface area contributed by atoms with Crippen molar-refractivity contribution in [3.8, 4) is 0 Å². The van der Waals surface area contributed by atoms with Crippen molar-refractivity contribution in [2.24, 2.45) is 0 Å². The molecule has 0 N–H and O–H groups in total. The van der Waals surface area contributed by atoms with Crippen molar-refractivity contribution in [1.82, 2.24) is 0 Å². The molecular formula is C15H26Cl3N3Rh-3. The van der Waals surface area contributed by atoms with Gasteiger partial charge in [0.15, 0.2) is 0 Å². The van der Waals surface area contributed by atoms with E-state index >= 15 is 0 Å². The van der Waals surface area contributed by atoms with E-state index in [0.29, 0.717) is 0 Å². The predicted octanol–water partition coefficient (Wildman–Crippen LogP) is 6.60.